The van der Waals surface area contributed by atoms with E-state index in [-0.39, 0.29) is 12.0 Å². The molecule has 1 N–H and O–H groups in total. The Morgan fingerprint density at radius 3 is 2.51 bits per heavy atom. The van der Waals surface area contributed by atoms with Crippen molar-refractivity contribution in [1.82, 2.24) is 13.7 Å². The Kier molecular flexibility index (Phi) is 5.83. The number of aromatic nitrogens is 3. The summed E-state index contributed by atoms with van der Waals surface area (Å²) >= 11 is 1.09. The third-order valence-corrected chi connectivity index (χ3v) is 6.42. The Bertz CT molecular complexity index is 1470. The van der Waals surface area contributed by atoms with Crippen LogP contribution in [0.4, 0.5) is 0 Å². The minimum atomic E-state index is -2.04. The molecule has 35 heavy (non-hydrogen) atoms. The fourth-order valence-electron chi connectivity index (χ4n) is 4.13. The van der Waals surface area contributed by atoms with Crippen LogP contribution >= 0.6 is 11.7 Å². The van der Waals surface area contributed by atoms with E-state index in [1.165, 1.54) is 21.3 Å². The van der Waals surface area contributed by atoms with Crippen LogP contribution in [0.25, 0.3) is 16.6 Å². The van der Waals surface area contributed by atoms with E-state index in [9.17, 15) is 9.90 Å². The maximum atomic E-state index is 13.3. The van der Waals surface area contributed by atoms with Gasteiger partial charge in [-0.05, 0) is 47.5 Å². The monoisotopic (exact) mass is 491 g/mol. The molecule has 5 rings (SSSR count). The van der Waals surface area contributed by atoms with Crippen molar-refractivity contribution >= 4 is 34.3 Å². The summed E-state index contributed by atoms with van der Waals surface area (Å²) in [6.45, 7) is 0. The van der Waals surface area contributed by atoms with Gasteiger partial charge in [-0.25, -0.2) is 9.78 Å². The highest BCUT2D eigenvalue weighted by molar-refractivity contribution is 7.00. The first-order valence-corrected chi connectivity index (χ1v) is 11.3. The van der Waals surface area contributed by atoms with Crippen molar-refractivity contribution in [3.63, 3.8) is 0 Å². The lowest BCUT2D eigenvalue weighted by Crippen LogP contribution is -2.29. The number of nitrogens with zero attached hydrogens (tertiary/aromatic N) is 3. The maximum absolute atomic E-state index is 13.3. The molecule has 178 valence electrons. The van der Waals surface area contributed by atoms with Crippen molar-refractivity contribution in [1.29, 1.82) is 0 Å². The van der Waals surface area contributed by atoms with Gasteiger partial charge in [-0.15, -0.1) is 0 Å². The Balaban J connectivity index is 1.71. The van der Waals surface area contributed by atoms with Crippen LogP contribution < -0.4 is 14.2 Å². The van der Waals surface area contributed by atoms with E-state index in [0.717, 1.165) is 22.8 Å². The van der Waals surface area contributed by atoms with Crippen molar-refractivity contribution in [2.24, 2.45) is 0 Å². The van der Waals surface area contributed by atoms with Crippen LogP contribution in [0.3, 0.4) is 0 Å². The fourth-order valence-corrected chi connectivity index (χ4v) is 4.65. The number of hydrogen-bond donors (Lipinski definition) is 1. The molecule has 0 saturated heterocycles. The lowest BCUT2D eigenvalue weighted by molar-refractivity contribution is -0.185. The number of benzene rings is 2. The molecule has 0 radical (unpaired) electrons. The van der Waals surface area contributed by atoms with Crippen LogP contribution in [0.1, 0.15) is 16.7 Å². The predicted molar refractivity (Wildman–Crippen MR) is 128 cm³/mol. The summed E-state index contributed by atoms with van der Waals surface area (Å²) in [4.78, 5) is 17.4. The number of pyridine rings is 1. The fraction of sp³-hybridized carbons (Fsp3) is 0.200. The van der Waals surface area contributed by atoms with Gasteiger partial charge < -0.3 is 24.1 Å². The first-order chi connectivity index (χ1) is 17.0. The molecule has 10 heteroatoms. The Labute approximate surface area is 204 Å². The molecule has 0 bridgehead atoms. The zero-order valence-corrected chi connectivity index (χ0v) is 20.0. The molecule has 0 fully saturated rings. The highest BCUT2D eigenvalue weighted by Crippen LogP contribution is 2.46. The second kappa shape index (κ2) is 8.97. The molecule has 1 atom stereocenters. The highest BCUT2D eigenvalue weighted by atomic mass is 32.1. The summed E-state index contributed by atoms with van der Waals surface area (Å²) in [6, 6.07) is 13.7. The number of rotatable bonds is 7. The van der Waals surface area contributed by atoms with Gasteiger partial charge in [0, 0.05) is 29.8 Å². The van der Waals surface area contributed by atoms with Gasteiger partial charge in [0.05, 0.1) is 38.6 Å². The van der Waals surface area contributed by atoms with E-state index in [1.54, 1.807) is 54.7 Å². The van der Waals surface area contributed by atoms with Gasteiger partial charge in [0.25, 0.3) is 5.79 Å². The van der Waals surface area contributed by atoms with Crippen molar-refractivity contribution in [3.05, 3.63) is 77.0 Å². The van der Waals surface area contributed by atoms with E-state index in [1.807, 2.05) is 0 Å². The van der Waals surface area contributed by atoms with Crippen molar-refractivity contribution < 1.29 is 28.8 Å². The minimum Gasteiger partial charge on any atom is -0.493 e. The number of methoxy groups -OCH3 is 3. The minimum absolute atomic E-state index is 0.193. The van der Waals surface area contributed by atoms with Crippen LogP contribution in [0.2, 0.25) is 0 Å². The summed E-state index contributed by atoms with van der Waals surface area (Å²) in [5.74, 6) is -1.41. The number of carbonyl (C=O) groups is 1. The van der Waals surface area contributed by atoms with Crippen LogP contribution in [0.5, 0.6) is 17.4 Å². The highest BCUT2D eigenvalue weighted by Gasteiger charge is 2.48. The average molecular weight is 492 g/mol. The third-order valence-electron chi connectivity index (χ3n) is 5.86. The van der Waals surface area contributed by atoms with Crippen LogP contribution in [-0.2, 0) is 21.7 Å². The second-order valence-electron chi connectivity index (χ2n) is 7.81. The predicted octanol–water partition coefficient (Wildman–Crippen LogP) is 3.51. The molecule has 2 aromatic carbocycles. The van der Waals surface area contributed by atoms with Crippen molar-refractivity contribution in [2.45, 2.75) is 12.2 Å². The summed E-state index contributed by atoms with van der Waals surface area (Å²) in [6.07, 6.45) is 1.80. The van der Waals surface area contributed by atoms with Crippen LogP contribution in [0, 0.1) is 0 Å². The molecule has 2 aromatic heterocycles. The number of hydrogen-bond acceptors (Lipinski definition) is 10. The molecule has 0 saturated carbocycles. The van der Waals surface area contributed by atoms with E-state index in [4.69, 9.17) is 18.9 Å². The maximum Gasteiger partial charge on any atom is 0.342 e. The molecular weight excluding hydrogens is 470 g/mol. The normalized spacial score (nSPS) is 17.5. The number of fused-ring (bicyclic) bond motifs is 1. The molecule has 0 spiro atoms. The quantitative estimate of drug-likeness (QED) is 0.388. The summed E-state index contributed by atoms with van der Waals surface area (Å²) in [5.41, 5.74) is 3.67. The van der Waals surface area contributed by atoms with Crippen LogP contribution in [-0.4, -0.2) is 46.1 Å². The average Bonchev–Trinajstić information content (AvgIpc) is 3.45. The van der Waals surface area contributed by atoms with Crippen LogP contribution in [0.15, 0.2) is 60.3 Å². The van der Waals surface area contributed by atoms with Gasteiger partial charge in [0.15, 0.2) is 11.5 Å². The summed E-state index contributed by atoms with van der Waals surface area (Å²) in [5, 5.41) is 11.9. The Morgan fingerprint density at radius 1 is 0.943 bits per heavy atom. The molecule has 1 unspecified atom stereocenters. The third kappa shape index (κ3) is 3.96. The summed E-state index contributed by atoms with van der Waals surface area (Å²) < 4.78 is 30.2. The smallest absolute Gasteiger partial charge is 0.342 e. The van der Waals surface area contributed by atoms with Gasteiger partial charge in [0.1, 0.15) is 11.0 Å². The zero-order valence-electron chi connectivity index (χ0n) is 19.1. The number of ether oxygens (including phenoxy) is 4. The lowest BCUT2D eigenvalue weighted by Gasteiger charge is -2.26. The lowest BCUT2D eigenvalue weighted by atomic mass is 9.88. The largest absolute Gasteiger partial charge is 0.493 e. The Morgan fingerprint density at radius 2 is 1.74 bits per heavy atom. The van der Waals surface area contributed by atoms with E-state index in [0.29, 0.717) is 39.6 Å². The standard InChI is InChI=1S/C25H21N3O6S/c1-31-20-7-5-16(13-21(20)32-2)25(30)17(10-14-8-9-26-22(11-14)33-3)23(24(29)34-25)15-4-6-18-19(12-15)28-35-27-18/h4-9,11-13,30H,10H2,1-3H3. The van der Waals surface area contributed by atoms with E-state index in [2.05, 4.69) is 13.7 Å². The number of cyclic esters (lactones) is 1. The van der Waals surface area contributed by atoms with Gasteiger partial charge in [-0.3, -0.25) is 0 Å². The molecule has 1 aliphatic heterocycles. The molecule has 1 aliphatic rings. The molecule has 3 heterocycles. The van der Waals surface area contributed by atoms with Gasteiger partial charge in [0.2, 0.25) is 5.88 Å². The van der Waals surface area contributed by atoms with E-state index >= 15 is 0 Å². The zero-order chi connectivity index (χ0) is 24.6. The SMILES string of the molecule is COc1cc(CC2=C(c3ccc4nsnc4c3)C(=O)OC2(O)c2ccc(OC)c(OC)c2)ccn1. The first-order valence-electron chi connectivity index (χ1n) is 10.6. The number of aliphatic hydroxyl groups is 1. The van der Waals surface area contributed by atoms with Crippen molar-refractivity contribution in [3.8, 4) is 17.4 Å². The first kappa shape index (κ1) is 22.8. The van der Waals surface area contributed by atoms with Gasteiger partial charge in [-0.1, -0.05) is 6.07 Å². The summed E-state index contributed by atoms with van der Waals surface area (Å²) in [7, 11) is 4.54. The number of carbonyl (C=O) groups excluding carboxylic acids is 1. The second-order valence-corrected chi connectivity index (χ2v) is 8.34. The van der Waals surface area contributed by atoms with Gasteiger partial charge in [-0.2, -0.15) is 8.75 Å². The van der Waals surface area contributed by atoms with Crippen molar-refractivity contribution in [2.75, 3.05) is 21.3 Å². The number of esters is 1. The van der Waals surface area contributed by atoms with E-state index < -0.39 is 11.8 Å². The molecule has 0 aliphatic carbocycles. The molecule has 4 aromatic rings. The molecular formula is C25H21N3O6S. The van der Waals surface area contributed by atoms with Gasteiger partial charge >= 0.3 is 5.97 Å². The molecule has 0 amide bonds. The topological polar surface area (TPSA) is 113 Å². The molecule has 9 nitrogen and oxygen atoms in total. The Hall–Kier alpha value is -4.02.